The molecule has 0 radical (unpaired) electrons. The van der Waals surface area contributed by atoms with Crippen LogP contribution in [-0.4, -0.2) is 12.1 Å². The summed E-state index contributed by atoms with van der Waals surface area (Å²) >= 11 is 0. The van der Waals surface area contributed by atoms with Crippen LogP contribution < -0.4 is 10.5 Å². The molecule has 1 aliphatic carbocycles. The van der Waals surface area contributed by atoms with Crippen molar-refractivity contribution >= 4 is 0 Å². The van der Waals surface area contributed by atoms with E-state index in [9.17, 15) is 4.39 Å². The number of ether oxygens (including phenoxy) is 1. The zero-order valence-corrected chi connectivity index (χ0v) is 11.2. The molecular formula is C15H19FN2O. The van der Waals surface area contributed by atoms with E-state index in [1.165, 1.54) is 0 Å². The van der Waals surface area contributed by atoms with Crippen molar-refractivity contribution in [2.45, 2.75) is 38.1 Å². The van der Waals surface area contributed by atoms with Crippen LogP contribution in [0.3, 0.4) is 0 Å². The van der Waals surface area contributed by atoms with E-state index in [1.807, 2.05) is 0 Å². The van der Waals surface area contributed by atoms with Crippen LogP contribution in [-0.2, 0) is 0 Å². The molecule has 0 amide bonds. The monoisotopic (exact) mass is 262 g/mol. The molecule has 1 aromatic carbocycles. The number of benzene rings is 1. The number of nitrogens with two attached hydrogens (primary N) is 1. The number of hydrogen-bond acceptors (Lipinski definition) is 3. The number of nitriles is 1. The minimum absolute atomic E-state index is 0.144. The second kappa shape index (κ2) is 5.58. The molecule has 102 valence electrons. The molecule has 1 saturated carbocycles. The van der Waals surface area contributed by atoms with Gasteiger partial charge in [0.05, 0.1) is 12.7 Å². The fourth-order valence-corrected chi connectivity index (χ4v) is 2.69. The third-order valence-electron chi connectivity index (χ3n) is 3.96. The van der Waals surface area contributed by atoms with Gasteiger partial charge in [0.2, 0.25) is 0 Å². The second-order valence-corrected chi connectivity index (χ2v) is 5.27. The van der Waals surface area contributed by atoms with E-state index in [2.05, 4.69) is 6.07 Å². The van der Waals surface area contributed by atoms with Crippen molar-refractivity contribution < 1.29 is 9.13 Å². The average Bonchev–Trinajstić information content (AvgIpc) is 2.77. The lowest BCUT2D eigenvalue weighted by molar-refractivity contribution is 0.246. The van der Waals surface area contributed by atoms with Gasteiger partial charge in [-0.25, -0.2) is 4.39 Å². The van der Waals surface area contributed by atoms with Crippen LogP contribution in [0.2, 0.25) is 0 Å². The lowest BCUT2D eigenvalue weighted by atomic mass is 9.87. The van der Waals surface area contributed by atoms with Gasteiger partial charge in [-0.15, -0.1) is 0 Å². The molecule has 2 rings (SSSR count). The predicted octanol–water partition coefficient (Wildman–Crippen LogP) is 2.92. The first-order valence-electron chi connectivity index (χ1n) is 6.65. The van der Waals surface area contributed by atoms with Gasteiger partial charge >= 0.3 is 0 Å². The molecular weight excluding hydrogens is 243 g/mol. The lowest BCUT2D eigenvalue weighted by Gasteiger charge is -2.23. The topological polar surface area (TPSA) is 59.0 Å². The van der Waals surface area contributed by atoms with E-state index in [4.69, 9.17) is 15.7 Å². The maximum atomic E-state index is 13.7. The van der Waals surface area contributed by atoms with Crippen molar-refractivity contribution in [1.29, 1.82) is 5.26 Å². The van der Waals surface area contributed by atoms with Gasteiger partial charge in [-0.1, -0.05) is 18.6 Å². The van der Waals surface area contributed by atoms with Gasteiger partial charge in [-0.2, -0.15) is 5.26 Å². The molecule has 1 aliphatic rings. The molecule has 0 spiro atoms. The number of nitrogens with zero attached hydrogens (tertiary/aromatic N) is 1. The molecule has 1 fully saturated rings. The lowest BCUT2D eigenvalue weighted by Crippen LogP contribution is -2.42. The highest BCUT2D eigenvalue weighted by atomic mass is 19.1. The summed E-state index contributed by atoms with van der Waals surface area (Å²) in [5.41, 5.74) is 5.89. The molecule has 19 heavy (non-hydrogen) atoms. The van der Waals surface area contributed by atoms with Crippen molar-refractivity contribution in [2.24, 2.45) is 11.7 Å². The Labute approximate surface area is 113 Å². The summed E-state index contributed by atoms with van der Waals surface area (Å²) in [4.78, 5) is 0. The van der Waals surface area contributed by atoms with E-state index in [0.29, 0.717) is 18.6 Å². The molecule has 2 N–H and O–H groups in total. The van der Waals surface area contributed by atoms with Crippen LogP contribution in [0.5, 0.6) is 5.75 Å². The Morgan fingerprint density at radius 1 is 1.58 bits per heavy atom. The third kappa shape index (κ3) is 2.87. The first-order chi connectivity index (χ1) is 9.07. The summed E-state index contributed by atoms with van der Waals surface area (Å²) in [5.74, 6) is 0.108. The maximum absolute atomic E-state index is 13.7. The van der Waals surface area contributed by atoms with Gasteiger partial charge < -0.3 is 10.5 Å². The Balaban J connectivity index is 1.91. The molecule has 1 aromatic rings. The molecule has 2 unspecified atom stereocenters. The van der Waals surface area contributed by atoms with Crippen molar-refractivity contribution in [3.63, 3.8) is 0 Å². The largest absolute Gasteiger partial charge is 0.490 e. The van der Waals surface area contributed by atoms with Crippen LogP contribution in [0.25, 0.3) is 0 Å². The molecule has 2 atom stereocenters. The van der Waals surface area contributed by atoms with E-state index >= 15 is 0 Å². The summed E-state index contributed by atoms with van der Waals surface area (Å²) < 4.78 is 19.2. The minimum Gasteiger partial charge on any atom is -0.490 e. The van der Waals surface area contributed by atoms with Gasteiger partial charge in [0.1, 0.15) is 5.54 Å². The van der Waals surface area contributed by atoms with Gasteiger partial charge in [-0.3, -0.25) is 0 Å². The first-order valence-corrected chi connectivity index (χ1v) is 6.65. The predicted molar refractivity (Wildman–Crippen MR) is 71.1 cm³/mol. The number of halogens is 1. The molecule has 0 aromatic heterocycles. The van der Waals surface area contributed by atoms with Crippen molar-refractivity contribution in [3.8, 4) is 11.8 Å². The van der Waals surface area contributed by atoms with Crippen molar-refractivity contribution in [1.82, 2.24) is 0 Å². The summed E-state index contributed by atoms with van der Waals surface area (Å²) in [6.07, 6.45) is 3.36. The molecule has 0 saturated heterocycles. The highest BCUT2D eigenvalue weighted by Crippen LogP contribution is 2.35. The number of rotatable bonds is 4. The van der Waals surface area contributed by atoms with E-state index in [0.717, 1.165) is 19.3 Å². The van der Waals surface area contributed by atoms with Crippen LogP contribution in [0, 0.1) is 30.0 Å². The maximum Gasteiger partial charge on any atom is 0.167 e. The third-order valence-corrected chi connectivity index (χ3v) is 3.96. The highest BCUT2D eigenvalue weighted by Gasteiger charge is 2.39. The van der Waals surface area contributed by atoms with Crippen LogP contribution in [0.15, 0.2) is 18.2 Å². The SMILES string of the molecule is Cc1cccc(OCCC2CCCC2(N)C#N)c1F. The summed E-state index contributed by atoms with van der Waals surface area (Å²) in [7, 11) is 0. The van der Waals surface area contributed by atoms with Gasteiger partial charge in [-0.05, 0) is 43.7 Å². The summed E-state index contributed by atoms with van der Waals surface area (Å²) in [6.45, 7) is 2.10. The van der Waals surface area contributed by atoms with Crippen LogP contribution in [0.1, 0.15) is 31.2 Å². The Morgan fingerprint density at radius 2 is 2.37 bits per heavy atom. The van der Waals surface area contributed by atoms with E-state index in [1.54, 1.807) is 25.1 Å². The second-order valence-electron chi connectivity index (χ2n) is 5.27. The molecule has 0 heterocycles. The van der Waals surface area contributed by atoms with Gasteiger partial charge in [0.25, 0.3) is 0 Å². The fraction of sp³-hybridized carbons (Fsp3) is 0.533. The normalized spacial score (nSPS) is 26.1. The Kier molecular flexibility index (Phi) is 4.06. The minimum atomic E-state index is -0.728. The van der Waals surface area contributed by atoms with Crippen LogP contribution in [0.4, 0.5) is 4.39 Å². The standard InChI is InChI=1S/C15H19FN2O/c1-11-4-2-6-13(14(11)16)19-9-7-12-5-3-8-15(12,18)10-17/h2,4,6,12H,3,5,7-9,18H2,1H3. The van der Waals surface area contributed by atoms with E-state index < -0.39 is 5.54 Å². The van der Waals surface area contributed by atoms with Crippen molar-refractivity contribution in [3.05, 3.63) is 29.6 Å². The van der Waals surface area contributed by atoms with Crippen molar-refractivity contribution in [2.75, 3.05) is 6.61 Å². The average molecular weight is 262 g/mol. The Bertz CT molecular complexity index is 497. The fourth-order valence-electron chi connectivity index (χ4n) is 2.69. The Hall–Kier alpha value is -1.60. The zero-order chi connectivity index (χ0) is 13.9. The smallest absolute Gasteiger partial charge is 0.167 e. The molecule has 4 heteroatoms. The van der Waals surface area contributed by atoms with Crippen LogP contribution >= 0.6 is 0 Å². The van der Waals surface area contributed by atoms with Gasteiger partial charge in [0, 0.05) is 0 Å². The quantitative estimate of drug-likeness (QED) is 0.907. The molecule has 0 bridgehead atoms. The molecule has 0 aliphatic heterocycles. The molecule has 3 nitrogen and oxygen atoms in total. The first kappa shape index (κ1) is 13.8. The van der Waals surface area contributed by atoms with Gasteiger partial charge in [0.15, 0.2) is 11.6 Å². The summed E-state index contributed by atoms with van der Waals surface area (Å²) in [5, 5.41) is 9.12. The highest BCUT2D eigenvalue weighted by molar-refractivity contribution is 5.30. The number of hydrogen-bond donors (Lipinski definition) is 1. The Morgan fingerprint density at radius 3 is 3.11 bits per heavy atom. The number of aryl methyl sites for hydroxylation is 1. The summed E-state index contributed by atoms with van der Waals surface area (Å²) in [6, 6.07) is 7.31. The van der Waals surface area contributed by atoms with E-state index in [-0.39, 0.29) is 17.5 Å². The zero-order valence-electron chi connectivity index (χ0n) is 11.2.